The Kier molecular flexibility index (Phi) is 4.91. The number of hydrogen-bond donors (Lipinski definition) is 1. The van der Waals surface area contributed by atoms with Gasteiger partial charge in [0, 0.05) is 44.3 Å². The van der Waals surface area contributed by atoms with E-state index in [-0.39, 0.29) is 0 Å². The molecule has 1 saturated carbocycles. The Morgan fingerprint density at radius 3 is 2.42 bits per heavy atom. The topological polar surface area (TPSA) is 32.5 Å². The third kappa shape index (κ3) is 3.32. The molecule has 2 fully saturated rings. The predicted molar refractivity (Wildman–Crippen MR) is 82.3 cm³/mol. The lowest BCUT2D eigenvalue weighted by atomic mass is 9.70. The minimum absolute atomic E-state index is 0.316. The van der Waals surface area contributed by atoms with E-state index >= 15 is 0 Å². The maximum absolute atomic E-state index is 6.55. The van der Waals surface area contributed by atoms with Crippen molar-refractivity contribution in [2.75, 3.05) is 26.2 Å². The van der Waals surface area contributed by atoms with E-state index < -0.39 is 0 Å². The highest BCUT2D eigenvalue weighted by molar-refractivity contribution is 4.97. The molecule has 112 valence electrons. The van der Waals surface area contributed by atoms with Crippen molar-refractivity contribution >= 4 is 0 Å². The average Bonchev–Trinajstić information content (AvgIpc) is 2.41. The van der Waals surface area contributed by atoms with Gasteiger partial charge >= 0.3 is 0 Å². The summed E-state index contributed by atoms with van der Waals surface area (Å²) in [6.45, 7) is 14.2. The summed E-state index contributed by atoms with van der Waals surface area (Å²) in [7, 11) is 0. The fourth-order valence-corrected chi connectivity index (χ4v) is 3.81. The zero-order valence-electron chi connectivity index (χ0n) is 13.4. The van der Waals surface area contributed by atoms with E-state index in [0.717, 1.165) is 6.04 Å². The number of rotatable bonds is 3. The van der Waals surface area contributed by atoms with Gasteiger partial charge in [-0.25, -0.2) is 0 Å². The van der Waals surface area contributed by atoms with Crippen LogP contribution in [0.15, 0.2) is 0 Å². The van der Waals surface area contributed by atoms with Gasteiger partial charge in [-0.1, -0.05) is 27.2 Å². The molecule has 1 aliphatic heterocycles. The molecule has 0 aromatic heterocycles. The third-order valence-electron chi connectivity index (χ3n) is 5.67. The van der Waals surface area contributed by atoms with Crippen molar-refractivity contribution in [2.45, 2.75) is 71.5 Å². The molecule has 1 heterocycles. The molecule has 0 radical (unpaired) electrons. The Morgan fingerprint density at radius 2 is 1.84 bits per heavy atom. The van der Waals surface area contributed by atoms with Gasteiger partial charge in [-0.3, -0.25) is 9.80 Å². The van der Waals surface area contributed by atoms with E-state index in [0.29, 0.717) is 17.5 Å². The maximum Gasteiger partial charge on any atom is 0.0253 e. The first-order valence-electron chi connectivity index (χ1n) is 8.19. The summed E-state index contributed by atoms with van der Waals surface area (Å²) in [6.07, 6.45) is 5.19. The van der Waals surface area contributed by atoms with Gasteiger partial charge in [0.2, 0.25) is 0 Å². The van der Waals surface area contributed by atoms with Gasteiger partial charge in [0.1, 0.15) is 0 Å². The lowest BCUT2D eigenvalue weighted by Crippen LogP contribution is -2.61. The van der Waals surface area contributed by atoms with Crippen molar-refractivity contribution < 1.29 is 0 Å². The van der Waals surface area contributed by atoms with Gasteiger partial charge in [-0.15, -0.1) is 0 Å². The monoisotopic (exact) mass is 267 g/mol. The highest BCUT2D eigenvalue weighted by atomic mass is 15.3. The molecule has 1 saturated heterocycles. The molecule has 3 nitrogen and oxygen atoms in total. The summed E-state index contributed by atoms with van der Waals surface area (Å²) in [4.78, 5) is 5.31. The van der Waals surface area contributed by atoms with E-state index in [4.69, 9.17) is 5.73 Å². The standard InChI is InChI=1S/C16H33N3/c1-5-13(2)18-9-11-19(12-10-18)14-7-6-8-16(3,4)15(14)17/h13-15H,5-12,17H2,1-4H3. The molecule has 3 unspecified atom stereocenters. The van der Waals surface area contributed by atoms with Crippen molar-refractivity contribution in [3.63, 3.8) is 0 Å². The Labute approximate surface area is 119 Å². The van der Waals surface area contributed by atoms with Crippen molar-refractivity contribution in [2.24, 2.45) is 11.1 Å². The molecule has 2 rings (SSSR count). The molecule has 0 spiro atoms. The van der Waals surface area contributed by atoms with E-state index in [1.165, 1.54) is 51.9 Å². The fourth-order valence-electron chi connectivity index (χ4n) is 3.81. The molecule has 2 aliphatic rings. The molecule has 0 aromatic carbocycles. The van der Waals surface area contributed by atoms with Crippen LogP contribution in [0.4, 0.5) is 0 Å². The molecule has 3 atom stereocenters. The van der Waals surface area contributed by atoms with Crippen LogP contribution in [0.2, 0.25) is 0 Å². The van der Waals surface area contributed by atoms with Crippen LogP contribution >= 0.6 is 0 Å². The highest BCUT2D eigenvalue weighted by Gasteiger charge is 2.39. The van der Waals surface area contributed by atoms with Gasteiger partial charge in [0.15, 0.2) is 0 Å². The molecule has 19 heavy (non-hydrogen) atoms. The lowest BCUT2D eigenvalue weighted by molar-refractivity contribution is 0.0217. The largest absolute Gasteiger partial charge is 0.326 e. The smallest absolute Gasteiger partial charge is 0.0253 e. The van der Waals surface area contributed by atoms with Gasteiger partial charge in [0.25, 0.3) is 0 Å². The molecule has 0 aromatic rings. The Balaban J connectivity index is 1.90. The first kappa shape index (κ1) is 15.3. The average molecular weight is 267 g/mol. The van der Waals surface area contributed by atoms with Crippen LogP contribution in [0, 0.1) is 5.41 Å². The van der Waals surface area contributed by atoms with Crippen molar-refractivity contribution in [1.29, 1.82) is 0 Å². The third-order valence-corrected chi connectivity index (χ3v) is 5.67. The number of nitrogens with two attached hydrogens (primary N) is 1. The van der Waals surface area contributed by atoms with Crippen LogP contribution in [0.3, 0.4) is 0 Å². The summed E-state index contributed by atoms with van der Waals surface area (Å²) < 4.78 is 0. The summed E-state index contributed by atoms with van der Waals surface area (Å²) in [5.41, 5.74) is 6.87. The van der Waals surface area contributed by atoms with E-state index in [2.05, 4.69) is 37.5 Å². The molecular weight excluding hydrogens is 234 g/mol. The Bertz CT molecular complexity index is 282. The van der Waals surface area contributed by atoms with Crippen LogP contribution in [0.1, 0.15) is 53.4 Å². The van der Waals surface area contributed by atoms with E-state index in [1.807, 2.05) is 0 Å². The second-order valence-corrected chi connectivity index (χ2v) is 7.30. The lowest BCUT2D eigenvalue weighted by Gasteiger charge is -2.49. The quantitative estimate of drug-likeness (QED) is 0.852. The van der Waals surface area contributed by atoms with Gasteiger partial charge in [0.05, 0.1) is 0 Å². The second kappa shape index (κ2) is 6.11. The normalized spacial score (nSPS) is 35.2. The van der Waals surface area contributed by atoms with Crippen molar-refractivity contribution in [3.8, 4) is 0 Å². The molecule has 0 bridgehead atoms. The highest BCUT2D eigenvalue weighted by Crippen LogP contribution is 2.36. The zero-order valence-corrected chi connectivity index (χ0v) is 13.4. The van der Waals surface area contributed by atoms with Crippen molar-refractivity contribution in [3.05, 3.63) is 0 Å². The Hall–Kier alpha value is -0.120. The minimum atomic E-state index is 0.316. The van der Waals surface area contributed by atoms with Crippen LogP contribution in [0.25, 0.3) is 0 Å². The van der Waals surface area contributed by atoms with Gasteiger partial charge in [-0.05, 0) is 31.6 Å². The van der Waals surface area contributed by atoms with E-state index in [1.54, 1.807) is 0 Å². The van der Waals surface area contributed by atoms with Crippen molar-refractivity contribution in [1.82, 2.24) is 9.80 Å². The number of piperazine rings is 1. The molecule has 3 heteroatoms. The summed E-state index contributed by atoms with van der Waals surface area (Å²) >= 11 is 0. The Morgan fingerprint density at radius 1 is 1.21 bits per heavy atom. The second-order valence-electron chi connectivity index (χ2n) is 7.30. The number of hydrogen-bond acceptors (Lipinski definition) is 3. The number of nitrogens with zero attached hydrogens (tertiary/aromatic N) is 2. The van der Waals surface area contributed by atoms with Crippen LogP contribution in [-0.4, -0.2) is 54.1 Å². The fraction of sp³-hybridized carbons (Fsp3) is 1.00. The predicted octanol–water partition coefficient (Wildman–Crippen LogP) is 2.31. The van der Waals surface area contributed by atoms with Crippen LogP contribution in [0.5, 0.6) is 0 Å². The maximum atomic E-state index is 6.55. The first-order valence-corrected chi connectivity index (χ1v) is 8.19. The zero-order chi connectivity index (χ0) is 14.0. The van der Waals surface area contributed by atoms with Gasteiger partial charge < -0.3 is 5.73 Å². The van der Waals surface area contributed by atoms with Crippen LogP contribution < -0.4 is 5.73 Å². The summed E-state index contributed by atoms with van der Waals surface area (Å²) in [5.74, 6) is 0. The summed E-state index contributed by atoms with van der Waals surface area (Å²) in [5, 5.41) is 0. The first-order chi connectivity index (χ1) is 8.95. The molecule has 2 N–H and O–H groups in total. The molecule has 0 amide bonds. The van der Waals surface area contributed by atoms with Crippen LogP contribution in [-0.2, 0) is 0 Å². The molecular formula is C16H33N3. The molecule has 1 aliphatic carbocycles. The summed E-state index contributed by atoms with van der Waals surface area (Å²) in [6, 6.07) is 1.69. The minimum Gasteiger partial charge on any atom is -0.326 e. The SMILES string of the molecule is CCC(C)N1CCN(C2CCCC(C)(C)C2N)CC1. The van der Waals surface area contributed by atoms with Gasteiger partial charge in [-0.2, -0.15) is 0 Å². The van der Waals surface area contributed by atoms with E-state index in [9.17, 15) is 0 Å².